The average Bonchev–Trinajstić information content (AvgIpc) is 2.93. The number of anilines is 1. The number of hydroxylamine groups is 1. The van der Waals surface area contributed by atoms with Crippen molar-refractivity contribution in [2.45, 2.75) is 37.0 Å². The Bertz CT molecular complexity index is 1360. The molecule has 0 aliphatic heterocycles. The number of ether oxygens (including phenoxy) is 2. The second kappa shape index (κ2) is 12.8. The molecule has 0 aliphatic rings. The molecular formula is C28H35N3O6S. The van der Waals surface area contributed by atoms with E-state index in [0.717, 1.165) is 18.7 Å². The Kier molecular flexibility index (Phi) is 9.73. The van der Waals surface area contributed by atoms with Crippen molar-refractivity contribution in [2.24, 2.45) is 0 Å². The van der Waals surface area contributed by atoms with Gasteiger partial charge in [-0.15, -0.1) is 0 Å². The van der Waals surface area contributed by atoms with Gasteiger partial charge in [-0.2, -0.15) is 0 Å². The standard InChI is InChI=1S/C28H35N3O6S/c1-5-31(6-2)16-17-37-26-19(3)25(29)24(28(32)30-33)23(18-20-10-8-7-9-11-20)27(26)38(34,35)22-14-12-21(36-4)13-15-22/h7-15,33H,5-6,16-18,29H2,1-4H3,(H,30,32). The molecule has 0 heterocycles. The molecule has 204 valence electrons. The minimum Gasteiger partial charge on any atom is -0.497 e. The zero-order valence-corrected chi connectivity index (χ0v) is 23.0. The van der Waals surface area contributed by atoms with Gasteiger partial charge in [-0.1, -0.05) is 44.2 Å². The van der Waals surface area contributed by atoms with Gasteiger partial charge in [0.25, 0.3) is 5.91 Å². The number of amides is 1. The van der Waals surface area contributed by atoms with Crippen LogP contribution in [0.1, 0.15) is 40.9 Å². The van der Waals surface area contributed by atoms with Crippen molar-refractivity contribution in [3.05, 3.63) is 76.9 Å². The number of benzene rings is 3. The largest absolute Gasteiger partial charge is 0.497 e. The number of nitrogens with zero attached hydrogens (tertiary/aromatic N) is 1. The molecule has 38 heavy (non-hydrogen) atoms. The second-order valence-corrected chi connectivity index (χ2v) is 10.6. The molecule has 10 heteroatoms. The molecule has 0 atom stereocenters. The fourth-order valence-electron chi connectivity index (χ4n) is 4.32. The lowest BCUT2D eigenvalue weighted by Crippen LogP contribution is -2.29. The number of nitrogen functional groups attached to an aromatic ring is 1. The summed E-state index contributed by atoms with van der Waals surface area (Å²) in [5.41, 5.74) is 9.15. The van der Waals surface area contributed by atoms with Crippen LogP contribution in [0.5, 0.6) is 11.5 Å². The van der Waals surface area contributed by atoms with Gasteiger partial charge < -0.3 is 20.1 Å². The molecule has 3 rings (SSSR count). The number of likely N-dealkylation sites (N-methyl/N-ethyl adjacent to an activating group) is 1. The molecule has 1 amide bonds. The van der Waals surface area contributed by atoms with Gasteiger partial charge in [-0.3, -0.25) is 10.0 Å². The zero-order valence-electron chi connectivity index (χ0n) is 22.2. The van der Waals surface area contributed by atoms with Gasteiger partial charge in [-0.05, 0) is 61.8 Å². The molecule has 0 radical (unpaired) electrons. The van der Waals surface area contributed by atoms with Crippen LogP contribution in [0.2, 0.25) is 0 Å². The Labute approximate surface area is 224 Å². The Morgan fingerprint density at radius 3 is 2.24 bits per heavy atom. The Hall–Kier alpha value is -3.60. The maximum atomic E-state index is 14.2. The van der Waals surface area contributed by atoms with Crippen LogP contribution in [0.15, 0.2) is 64.4 Å². The fraction of sp³-hybridized carbons (Fsp3) is 0.321. The molecule has 3 aromatic carbocycles. The Morgan fingerprint density at radius 2 is 1.68 bits per heavy atom. The van der Waals surface area contributed by atoms with E-state index < -0.39 is 15.7 Å². The van der Waals surface area contributed by atoms with Crippen LogP contribution in [0.3, 0.4) is 0 Å². The maximum absolute atomic E-state index is 14.2. The van der Waals surface area contributed by atoms with Gasteiger partial charge in [0.2, 0.25) is 9.84 Å². The monoisotopic (exact) mass is 541 g/mol. The molecule has 0 fully saturated rings. The van der Waals surface area contributed by atoms with Crippen molar-refractivity contribution >= 4 is 21.4 Å². The SMILES string of the molecule is CCN(CC)CCOc1c(C)c(N)c(C(=O)NO)c(Cc2ccccc2)c1S(=O)(=O)c1ccc(OC)cc1. The minimum absolute atomic E-state index is 0.000678. The average molecular weight is 542 g/mol. The third kappa shape index (κ3) is 6.09. The fourth-order valence-corrected chi connectivity index (χ4v) is 6.01. The molecule has 0 saturated carbocycles. The summed E-state index contributed by atoms with van der Waals surface area (Å²) in [6.07, 6.45) is 0.0607. The number of nitrogens with two attached hydrogens (primary N) is 1. The van der Waals surface area contributed by atoms with Crippen LogP contribution < -0.4 is 20.7 Å². The lowest BCUT2D eigenvalue weighted by molar-refractivity contribution is 0.0706. The van der Waals surface area contributed by atoms with E-state index in [4.69, 9.17) is 15.2 Å². The predicted octanol–water partition coefficient (Wildman–Crippen LogP) is 3.85. The summed E-state index contributed by atoms with van der Waals surface area (Å²) in [6, 6.07) is 15.1. The molecule has 3 aromatic rings. The quantitative estimate of drug-likeness (QED) is 0.179. The predicted molar refractivity (Wildman–Crippen MR) is 146 cm³/mol. The van der Waals surface area contributed by atoms with E-state index in [-0.39, 0.29) is 45.4 Å². The summed E-state index contributed by atoms with van der Waals surface area (Å²) >= 11 is 0. The van der Waals surface area contributed by atoms with E-state index in [2.05, 4.69) is 4.90 Å². The summed E-state index contributed by atoms with van der Waals surface area (Å²) in [6.45, 7) is 8.08. The molecular weight excluding hydrogens is 506 g/mol. The summed E-state index contributed by atoms with van der Waals surface area (Å²) < 4.78 is 39.8. The van der Waals surface area contributed by atoms with Gasteiger partial charge in [-0.25, -0.2) is 13.9 Å². The first-order valence-corrected chi connectivity index (χ1v) is 13.8. The molecule has 0 bridgehead atoms. The van der Waals surface area contributed by atoms with Crippen molar-refractivity contribution < 1.29 is 27.9 Å². The van der Waals surface area contributed by atoms with Crippen LogP contribution in [0.4, 0.5) is 5.69 Å². The van der Waals surface area contributed by atoms with Gasteiger partial charge >= 0.3 is 0 Å². The first-order valence-electron chi connectivity index (χ1n) is 12.4. The normalized spacial score (nSPS) is 11.4. The third-order valence-corrected chi connectivity index (χ3v) is 8.40. The molecule has 4 N–H and O–H groups in total. The summed E-state index contributed by atoms with van der Waals surface area (Å²) in [5, 5.41) is 9.53. The highest BCUT2D eigenvalue weighted by molar-refractivity contribution is 7.91. The number of rotatable bonds is 12. The van der Waals surface area contributed by atoms with Crippen molar-refractivity contribution in [1.29, 1.82) is 0 Å². The van der Waals surface area contributed by atoms with E-state index in [1.165, 1.54) is 19.2 Å². The van der Waals surface area contributed by atoms with Crippen LogP contribution in [-0.4, -0.2) is 57.8 Å². The number of carbonyl (C=O) groups is 1. The zero-order chi connectivity index (χ0) is 27.9. The van der Waals surface area contributed by atoms with Crippen molar-refractivity contribution in [3.63, 3.8) is 0 Å². The molecule has 0 spiro atoms. The van der Waals surface area contributed by atoms with Crippen LogP contribution in [0.25, 0.3) is 0 Å². The van der Waals surface area contributed by atoms with E-state index in [9.17, 15) is 18.4 Å². The molecule has 0 aliphatic carbocycles. The van der Waals surface area contributed by atoms with Crippen LogP contribution >= 0.6 is 0 Å². The highest BCUT2D eigenvalue weighted by Crippen LogP contribution is 2.42. The summed E-state index contributed by atoms with van der Waals surface area (Å²) in [4.78, 5) is 14.9. The third-order valence-electron chi connectivity index (χ3n) is 6.54. The lowest BCUT2D eigenvalue weighted by atomic mass is 9.94. The summed E-state index contributed by atoms with van der Waals surface area (Å²) in [7, 11) is -2.73. The molecule has 9 nitrogen and oxygen atoms in total. The first-order chi connectivity index (χ1) is 18.2. The van der Waals surface area contributed by atoms with Crippen molar-refractivity contribution in [1.82, 2.24) is 10.4 Å². The number of methoxy groups -OCH3 is 1. The Balaban J connectivity index is 2.33. The number of nitrogens with one attached hydrogen (secondary N) is 1. The van der Waals surface area contributed by atoms with E-state index in [1.807, 2.05) is 44.2 Å². The van der Waals surface area contributed by atoms with Gasteiger partial charge in [0.1, 0.15) is 23.0 Å². The first kappa shape index (κ1) is 29.0. The van der Waals surface area contributed by atoms with Gasteiger partial charge in [0.05, 0.1) is 23.3 Å². The van der Waals surface area contributed by atoms with Crippen molar-refractivity contribution in [2.75, 3.05) is 39.1 Å². The topological polar surface area (TPSA) is 131 Å². The van der Waals surface area contributed by atoms with Crippen LogP contribution in [-0.2, 0) is 16.3 Å². The highest BCUT2D eigenvalue weighted by atomic mass is 32.2. The van der Waals surface area contributed by atoms with Gasteiger partial charge in [0, 0.05) is 12.1 Å². The smallest absolute Gasteiger partial charge is 0.277 e. The van der Waals surface area contributed by atoms with Crippen LogP contribution in [0, 0.1) is 6.92 Å². The lowest BCUT2D eigenvalue weighted by Gasteiger charge is -2.24. The van der Waals surface area contributed by atoms with Crippen molar-refractivity contribution in [3.8, 4) is 11.5 Å². The molecule has 0 saturated heterocycles. The van der Waals surface area contributed by atoms with E-state index in [0.29, 0.717) is 17.9 Å². The molecule has 0 unspecified atom stereocenters. The van der Waals surface area contributed by atoms with E-state index in [1.54, 1.807) is 24.5 Å². The van der Waals surface area contributed by atoms with Gasteiger partial charge in [0.15, 0.2) is 0 Å². The van der Waals surface area contributed by atoms with E-state index >= 15 is 0 Å². The highest BCUT2D eigenvalue weighted by Gasteiger charge is 2.34. The number of carbonyl (C=O) groups excluding carboxylic acids is 1. The number of hydrogen-bond acceptors (Lipinski definition) is 8. The minimum atomic E-state index is -4.22. The second-order valence-electron chi connectivity index (χ2n) is 8.71. The number of hydrogen-bond donors (Lipinski definition) is 3. The maximum Gasteiger partial charge on any atom is 0.277 e. The molecule has 0 aromatic heterocycles. The summed E-state index contributed by atoms with van der Waals surface area (Å²) in [5.74, 6) is -0.318. The Morgan fingerprint density at radius 1 is 1.05 bits per heavy atom. The number of sulfone groups is 1.